The van der Waals surface area contributed by atoms with Crippen LogP contribution in [0.4, 0.5) is 0 Å². The molecule has 108 valence electrons. The van der Waals surface area contributed by atoms with Gasteiger partial charge >= 0.3 is 0 Å². The van der Waals surface area contributed by atoms with E-state index in [4.69, 9.17) is 0 Å². The van der Waals surface area contributed by atoms with Gasteiger partial charge in [-0.3, -0.25) is 9.58 Å². The second-order valence-electron chi connectivity index (χ2n) is 5.79. The Balaban J connectivity index is 1.98. The Bertz CT molecular complexity index is 374. The summed E-state index contributed by atoms with van der Waals surface area (Å²) in [5.74, 6) is 0. The molecular weight excluding hydrogens is 236 g/mol. The van der Waals surface area contributed by atoms with Crippen LogP contribution in [-0.2, 0) is 13.6 Å². The highest BCUT2D eigenvalue weighted by Crippen LogP contribution is 2.17. The maximum Gasteiger partial charge on any atom is 0.0534 e. The lowest BCUT2D eigenvalue weighted by Gasteiger charge is -2.40. The summed E-state index contributed by atoms with van der Waals surface area (Å²) in [6.07, 6.45) is 9.22. The summed E-state index contributed by atoms with van der Waals surface area (Å²) < 4.78 is 1.90. The van der Waals surface area contributed by atoms with Crippen molar-refractivity contribution in [2.24, 2.45) is 7.05 Å². The number of nitrogens with one attached hydrogen (secondary N) is 1. The molecule has 2 atom stereocenters. The van der Waals surface area contributed by atoms with Crippen LogP contribution < -0.4 is 5.32 Å². The number of nitrogens with zero attached hydrogens (tertiary/aromatic N) is 3. The van der Waals surface area contributed by atoms with Crippen molar-refractivity contribution < 1.29 is 0 Å². The average Bonchev–Trinajstić information content (AvgIpc) is 2.79. The normalized spacial score (nSPS) is 24.8. The van der Waals surface area contributed by atoms with Gasteiger partial charge in [0.25, 0.3) is 0 Å². The topological polar surface area (TPSA) is 33.1 Å². The molecule has 1 N–H and O–H groups in total. The van der Waals surface area contributed by atoms with Crippen molar-refractivity contribution in [3.8, 4) is 0 Å². The molecule has 0 radical (unpaired) electrons. The molecule has 2 heterocycles. The van der Waals surface area contributed by atoms with E-state index in [-0.39, 0.29) is 0 Å². The van der Waals surface area contributed by atoms with Crippen molar-refractivity contribution in [2.45, 2.75) is 58.2 Å². The second-order valence-corrected chi connectivity index (χ2v) is 5.79. The number of aryl methyl sites for hydroxylation is 1. The SMILES string of the molecule is CCCC1CN(Cc2cnn(C)c2)C(CCC)CN1. The first-order valence-electron chi connectivity index (χ1n) is 7.67. The average molecular weight is 264 g/mol. The molecule has 2 unspecified atom stereocenters. The zero-order chi connectivity index (χ0) is 13.7. The van der Waals surface area contributed by atoms with E-state index in [1.807, 2.05) is 17.9 Å². The first-order valence-corrected chi connectivity index (χ1v) is 7.67. The Morgan fingerprint density at radius 3 is 2.74 bits per heavy atom. The Morgan fingerprint density at radius 1 is 1.32 bits per heavy atom. The van der Waals surface area contributed by atoms with Crippen LogP contribution in [0.15, 0.2) is 12.4 Å². The standard InChI is InChI=1S/C15H28N4/c1-4-6-14-12-19(15(7-5-2)9-16-14)11-13-8-17-18(3)10-13/h8,10,14-16H,4-7,9,11-12H2,1-3H3. The minimum absolute atomic E-state index is 0.662. The molecule has 19 heavy (non-hydrogen) atoms. The molecule has 2 rings (SSSR count). The van der Waals surface area contributed by atoms with Gasteiger partial charge in [-0.25, -0.2) is 0 Å². The molecule has 0 aromatic carbocycles. The zero-order valence-electron chi connectivity index (χ0n) is 12.6. The number of hydrogen-bond donors (Lipinski definition) is 1. The maximum absolute atomic E-state index is 4.28. The van der Waals surface area contributed by atoms with Crippen LogP contribution in [0.3, 0.4) is 0 Å². The van der Waals surface area contributed by atoms with Gasteiger partial charge in [0.15, 0.2) is 0 Å². The van der Waals surface area contributed by atoms with Gasteiger partial charge in [0.05, 0.1) is 6.20 Å². The molecular formula is C15H28N4. The molecule has 0 saturated carbocycles. The molecule has 4 heteroatoms. The highest BCUT2D eigenvalue weighted by atomic mass is 15.3. The molecule has 4 nitrogen and oxygen atoms in total. The highest BCUT2D eigenvalue weighted by molar-refractivity contribution is 5.04. The van der Waals surface area contributed by atoms with Gasteiger partial charge in [0.2, 0.25) is 0 Å². The van der Waals surface area contributed by atoms with Gasteiger partial charge in [-0.05, 0) is 12.8 Å². The lowest BCUT2D eigenvalue weighted by atomic mass is 10.0. The molecule has 1 aromatic rings. The Labute approximate surface area is 117 Å². The van der Waals surface area contributed by atoms with Gasteiger partial charge in [0.1, 0.15) is 0 Å². The predicted molar refractivity (Wildman–Crippen MR) is 79.0 cm³/mol. The third-order valence-corrected chi connectivity index (χ3v) is 4.02. The lowest BCUT2D eigenvalue weighted by molar-refractivity contribution is 0.112. The minimum atomic E-state index is 0.662. The fourth-order valence-corrected chi connectivity index (χ4v) is 3.07. The van der Waals surface area contributed by atoms with Gasteiger partial charge < -0.3 is 5.32 Å². The molecule has 0 amide bonds. The molecule has 1 fully saturated rings. The second kappa shape index (κ2) is 7.06. The largest absolute Gasteiger partial charge is 0.311 e. The van der Waals surface area contributed by atoms with E-state index in [9.17, 15) is 0 Å². The summed E-state index contributed by atoms with van der Waals surface area (Å²) in [5.41, 5.74) is 1.33. The van der Waals surface area contributed by atoms with E-state index in [1.54, 1.807) is 0 Å². The van der Waals surface area contributed by atoms with Crippen molar-refractivity contribution in [1.29, 1.82) is 0 Å². The number of piperazine rings is 1. The fourth-order valence-electron chi connectivity index (χ4n) is 3.07. The van der Waals surface area contributed by atoms with E-state index in [1.165, 1.54) is 37.8 Å². The molecule has 1 aliphatic heterocycles. The Hall–Kier alpha value is -0.870. The summed E-state index contributed by atoms with van der Waals surface area (Å²) in [4.78, 5) is 2.65. The quantitative estimate of drug-likeness (QED) is 0.855. The van der Waals surface area contributed by atoms with Crippen LogP contribution in [0.25, 0.3) is 0 Å². The van der Waals surface area contributed by atoms with Gasteiger partial charge in [-0.1, -0.05) is 26.7 Å². The van der Waals surface area contributed by atoms with E-state index < -0.39 is 0 Å². The number of rotatable bonds is 6. The summed E-state index contributed by atoms with van der Waals surface area (Å²) in [6, 6.07) is 1.34. The molecule has 1 aliphatic rings. The van der Waals surface area contributed by atoms with Crippen molar-refractivity contribution >= 4 is 0 Å². The van der Waals surface area contributed by atoms with Gasteiger partial charge in [-0.2, -0.15) is 5.10 Å². The van der Waals surface area contributed by atoms with Crippen LogP contribution >= 0.6 is 0 Å². The first kappa shape index (κ1) is 14.5. The maximum atomic E-state index is 4.28. The van der Waals surface area contributed by atoms with Crippen LogP contribution in [0.2, 0.25) is 0 Å². The third kappa shape index (κ3) is 4.05. The predicted octanol–water partition coefficient (Wildman–Crippen LogP) is 2.16. The highest BCUT2D eigenvalue weighted by Gasteiger charge is 2.26. The molecule has 1 aromatic heterocycles. The van der Waals surface area contributed by atoms with Crippen LogP contribution in [0, 0.1) is 0 Å². The van der Waals surface area contributed by atoms with Crippen LogP contribution in [0.1, 0.15) is 45.1 Å². The van der Waals surface area contributed by atoms with E-state index in [0.29, 0.717) is 12.1 Å². The van der Waals surface area contributed by atoms with Crippen molar-refractivity contribution in [3.63, 3.8) is 0 Å². The first-order chi connectivity index (χ1) is 9.22. The third-order valence-electron chi connectivity index (χ3n) is 4.02. The van der Waals surface area contributed by atoms with Crippen LogP contribution in [0.5, 0.6) is 0 Å². The smallest absolute Gasteiger partial charge is 0.0534 e. The zero-order valence-corrected chi connectivity index (χ0v) is 12.6. The number of hydrogen-bond acceptors (Lipinski definition) is 3. The van der Waals surface area contributed by atoms with Gasteiger partial charge in [0, 0.05) is 50.5 Å². The Kier molecular flexibility index (Phi) is 5.40. The minimum Gasteiger partial charge on any atom is -0.311 e. The molecule has 0 aliphatic carbocycles. The lowest BCUT2D eigenvalue weighted by Crippen LogP contribution is -2.55. The molecule has 0 spiro atoms. The monoisotopic (exact) mass is 264 g/mol. The summed E-state index contributed by atoms with van der Waals surface area (Å²) in [7, 11) is 1.99. The number of aromatic nitrogens is 2. The van der Waals surface area contributed by atoms with Gasteiger partial charge in [-0.15, -0.1) is 0 Å². The van der Waals surface area contributed by atoms with Crippen molar-refractivity contribution in [2.75, 3.05) is 13.1 Å². The van der Waals surface area contributed by atoms with E-state index >= 15 is 0 Å². The summed E-state index contributed by atoms with van der Waals surface area (Å²) in [5, 5.41) is 8.00. The van der Waals surface area contributed by atoms with Crippen molar-refractivity contribution in [1.82, 2.24) is 20.0 Å². The molecule has 1 saturated heterocycles. The fraction of sp³-hybridized carbons (Fsp3) is 0.800. The summed E-state index contributed by atoms with van der Waals surface area (Å²) in [6.45, 7) is 7.90. The van der Waals surface area contributed by atoms with Crippen molar-refractivity contribution in [3.05, 3.63) is 18.0 Å². The van der Waals surface area contributed by atoms with E-state index in [0.717, 1.165) is 13.1 Å². The molecule has 0 bridgehead atoms. The van der Waals surface area contributed by atoms with E-state index in [2.05, 4.69) is 35.4 Å². The van der Waals surface area contributed by atoms with Crippen LogP contribution in [-0.4, -0.2) is 39.9 Å². The summed E-state index contributed by atoms with van der Waals surface area (Å²) >= 11 is 0. The Morgan fingerprint density at radius 2 is 2.11 bits per heavy atom.